The van der Waals surface area contributed by atoms with Crippen molar-refractivity contribution >= 4 is 11.8 Å². The summed E-state index contributed by atoms with van der Waals surface area (Å²) in [4.78, 5) is 1.27. The number of unbranched alkanes of at least 4 members (excludes halogenated alkanes) is 1. The van der Waals surface area contributed by atoms with Crippen molar-refractivity contribution in [2.75, 3.05) is 26.0 Å². The van der Waals surface area contributed by atoms with Crippen molar-refractivity contribution < 1.29 is 5.11 Å². The Hall–Kier alpha value is -0.550. The van der Waals surface area contributed by atoms with Crippen molar-refractivity contribution in [3.05, 3.63) is 29.8 Å². The number of aliphatic hydroxyl groups excluding tert-OH is 1. The minimum absolute atomic E-state index is 0.213. The predicted molar refractivity (Wildman–Crippen MR) is 74.3 cm³/mol. The molecule has 0 aliphatic heterocycles. The molecule has 1 unspecified atom stereocenters. The summed E-state index contributed by atoms with van der Waals surface area (Å²) in [5, 5.41) is 12.1. The molecule has 4 N–H and O–H groups in total. The Kier molecular flexibility index (Phi) is 7.28. The molecule has 1 rings (SSSR count). The fourth-order valence-electron chi connectivity index (χ4n) is 1.69. The Morgan fingerprint density at radius 1 is 1.29 bits per heavy atom. The van der Waals surface area contributed by atoms with Gasteiger partial charge >= 0.3 is 0 Å². The normalized spacial score (nSPS) is 12.6. The van der Waals surface area contributed by atoms with Gasteiger partial charge in [0.1, 0.15) is 0 Å². The molecule has 0 saturated carbocycles. The van der Waals surface area contributed by atoms with E-state index in [4.69, 9.17) is 10.8 Å². The van der Waals surface area contributed by atoms with Crippen molar-refractivity contribution in [3.63, 3.8) is 0 Å². The van der Waals surface area contributed by atoms with Crippen LogP contribution in [0.25, 0.3) is 0 Å². The van der Waals surface area contributed by atoms with Gasteiger partial charge in [-0.25, -0.2) is 0 Å². The molecule has 17 heavy (non-hydrogen) atoms. The lowest BCUT2D eigenvalue weighted by molar-refractivity contribution is 0.282. The van der Waals surface area contributed by atoms with Gasteiger partial charge < -0.3 is 16.2 Å². The summed E-state index contributed by atoms with van der Waals surface area (Å²) >= 11 is 1.74. The Bertz CT molecular complexity index is 303. The SMILES string of the molecule is CSc1ccc(C(CN)NCCCCO)cc1. The Balaban J connectivity index is 2.47. The monoisotopic (exact) mass is 254 g/mol. The van der Waals surface area contributed by atoms with Crippen LogP contribution in [0, 0.1) is 0 Å². The third-order valence-corrected chi connectivity index (χ3v) is 3.47. The number of hydrogen-bond acceptors (Lipinski definition) is 4. The third-order valence-electron chi connectivity index (χ3n) is 2.73. The molecule has 0 fully saturated rings. The average Bonchev–Trinajstić information content (AvgIpc) is 2.39. The highest BCUT2D eigenvalue weighted by Crippen LogP contribution is 2.18. The summed E-state index contributed by atoms with van der Waals surface area (Å²) in [5.74, 6) is 0. The van der Waals surface area contributed by atoms with E-state index in [1.165, 1.54) is 10.5 Å². The van der Waals surface area contributed by atoms with Gasteiger partial charge in [0.2, 0.25) is 0 Å². The first-order chi connectivity index (χ1) is 8.31. The molecule has 1 aromatic carbocycles. The van der Waals surface area contributed by atoms with E-state index < -0.39 is 0 Å². The van der Waals surface area contributed by atoms with Crippen LogP contribution in [0.5, 0.6) is 0 Å². The van der Waals surface area contributed by atoms with Crippen LogP contribution < -0.4 is 11.1 Å². The van der Waals surface area contributed by atoms with Crippen molar-refractivity contribution in [2.45, 2.75) is 23.8 Å². The summed E-state index contributed by atoms with van der Waals surface area (Å²) in [6, 6.07) is 8.71. The predicted octanol–water partition coefficient (Wildman–Crippen LogP) is 1.77. The maximum absolute atomic E-state index is 8.71. The maximum Gasteiger partial charge on any atom is 0.0444 e. The van der Waals surface area contributed by atoms with Crippen LogP contribution in [0.1, 0.15) is 24.4 Å². The van der Waals surface area contributed by atoms with Crippen LogP contribution in [0.15, 0.2) is 29.2 Å². The maximum atomic E-state index is 8.71. The number of nitrogens with two attached hydrogens (primary N) is 1. The Morgan fingerprint density at radius 3 is 2.53 bits per heavy atom. The number of aliphatic hydroxyl groups is 1. The molecular weight excluding hydrogens is 232 g/mol. The zero-order valence-corrected chi connectivity index (χ0v) is 11.2. The summed E-state index contributed by atoms with van der Waals surface area (Å²) in [5.41, 5.74) is 7.00. The molecule has 0 bridgehead atoms. The van der Waals surface area contributed by atoms with Crippen molar-refractivity contribution in [2.24, 2.45) is 5.73 Å². The van der Waals surface area contributed by atoms with Gasteiger partial charge in [-0.05, 0) is 43.3 Å². The summed E-state index contributed by atoms with van der Waals surface area (Å²) in [7, 11) is 0. The number of hydrogen-bond donors (Lipinski definition) is 3. The second-order valence-corrected chi connectivity index (χ2v) is 4.83. The van der Waals surface area contributed by atoms with E-state index in [-0.39, 0.29) is 12.6 Å². The van der Waals surface area contributed by atoms with Gasteiger partial charge in [-0.15, -0.1) is 11.8 Å². The molecule has 0 aromatic heterocycles. The molecule has 1 aromatic rings. The second kappa shape index (κ2) is 8.53. The van der Waals surface area contributed by atoms with Crippen molar-refractivity contribution in [1.82, 2.24) is 5.32 Å². The summed E-state index contributed by atoms with van der Waals surface area (Å²) < 4.78 is 0. The summed E-state index contributed by atoms with van der Waals surface area (Å²) in [6.45, 7) is 1.75. The third kappa shape index (κ3) is 5.08. The van der Waals surface area contributed by atoms with Crippen LogP contribution in [0.4, 0.5) is 0 Å². The lowest BCUT2D eigenvalue weighted by Crippen LogP contribution is -2.29. The largest absolute Gasteiger partial charge is 0.396 e. The van der Waals surface area contributed by atoms with Crippen molar-refractivity contribution in [3.8, 4) is 0 Å². The van der Waals surface area contributed by atoms with Gasteiger partial charge in [0, 0.05) is 24.1 Å². The smallest absolute Gasteiger partial charge is 0.0444 e. The zero-order valence-electron chi connectivity index (χ0n) is 10.4. The Labute approximate surface area is 108 Å². The molecule has 0 heterocycles. The standard InChI is InChI=1S/C13H22N2OS/c1-17-12-6-4-11(5-7-12)13(10-14)15-8-2-3-9-16/h4-7,13,15-16H,2-3,8-10,14H2,1H3. The molecule has 0 saturated heterocycles. The molecule has 4 heteroatoms. The first-order valence-electron chi connectivity index (χ1n) is 6.00. The molecule has 0 radical (unpaired) electrons. The van der Waals surface area contributed by atoms with Gasteiger partial charge in [0.15, 0.2) is 0 Å². The number of rotatable bonds is 8. The van der Waals surface area contributed by atoms with E-state index in [1.807, 2.05) is 0 Å². The highest BCUT2D eigenvalue weighted by molar-refractivity contribution is 7.98. The minimum Gasteiger partial charge on any atom is -0.396 e. The molecule has 0 aliphatic carbocycles. The van der Waals surface area contributed by atoms with E-state index in [1.54, 1.807) is 11.8 Å². The molecule has 96 valence electrons. The van der Waals surface area contributed by atoms with Gasteiger partial charge in [-0.2, -0.15) is 0 Å². The number of thioether (sulfide) groups is 1. The van der Waals surface area contributed by atoms with E-state index >= 15 is 0 Å². The molecular formula is C13H22N2OS. The Morgan fingerprint density at radius 2 is 2.00 bits per heavy atom. The topological polar surface area (TPSA) is 58.3 Å². The van der Waals surface area contributed by atoms with Gasteiger partial charge in [-0.3, -0.25) is 0 Å². The van der Waals surface area contributed by atoms with Crippen LogP contribution in [-0.4, -0.2) is 31.1 Å². The first kappa shape index (κ1) is 14.5. The molecule has 0 spiro atoms. The molecule has 1 atom stereocenters. The quantitative estimate of drug-likeness (QED) is 0.489. The van der Waals surface area contributed by atoms with Crippen LogP contribution in [0.3, 0.4) is 0 Å². The number of nitrogens with one attached hydrogen (secondary N) is 1. The fourth-order valence-corrected chi connectivity index (χ4v) is 2.09. The average molecular weight is 254 g/mol. The van der Waals surface area contributed by atoms with E-state index in [9.17, 15) is 0 Å². The van der Waals surface area contributed by atoms with Crippen LogP contribution in [-0.2, 0) is 0 Å². The lowest BCUT2D eigenvalue weighted by Gasteiger charge is -2.17. The highest BCUT2D eigenvalue weighted by atomic mass is 32.2. The first-order valence-corrected chi connectivity index (χ1v) is 7.22. The van der Waals surface area contributed by atoms with Gasteiger partial charge in [0.25, 0.3) is 0 Å². The molecule has 0 aliphatic rings. The van der Waals surface area contributed by atoms with Crippen LogP contribution in [0.2, 0.25) is 0 Å². The molecule has 3 nitrogen and oxygen atoms in total. The summed E-state index contributed by atoms with van der Waals surface area (Å²) in [6.07, 6.45) is 3.90. The second-order valence-electron chi connectivity index (χ2n) is 3.95. The number of benzene rings is 1. The van der Waals surface area contributed by atoms with E-state index in [0.29, 0.717) is 6.54 Å². The van der Waals surface area contributed by atoms with Crippen molar-refractivity contribution in [1.29, 1.82) is 0 Å². The van der Waals surface area contributed by atoms with E-state index in [0.717, 1.165) is 19.4 Å². The van der Waals surface area contributed by atoms with Gasteiger partial charge in [0.05, 0.1) is 0 Å². The van der Waals surface area contributed by atoms with E-state index in [2.05, 4.69) is 35.8 Å². The fraction of sp³-hybridized carbons (Fsp3) is 0.538. The van der Waals surface area contributed by atoms with Crippen LogP contribution >= 0.6 is 11.8 Å². The lowest BCUT2D eigenvalue weighted by atomic mass is 10.1. The van der Waals surface area contributed by atoms with Gasteiger partial charge in [-0.1, -0.05) is 12.1 Å². The zero-order chi connectivity index (χ0) is 12.5. The highest BCUT2D eigenvalue weighted by Gasteiger charge is 2.07. The minimum atomic E-state index is 0.213. The molecule has 0 amide bonds.